The molecule has 0 aliphatic carbocycles. The van der Waals surface area contributed by atoms with E-state index in [0.29, 0.717) is 23.5 Å². The van der Waals surface area contributed by atoms with Gasteiger partial charge in [-0.2, -0.15) is 0 Å². The van der Waals surface area contributed by atoms with Crippen molar-refractivity contribution in [2.24, 2.45) is 0 Å². The number of carbonyl (C=O) groups excluding carboxylic acids is 2. The number of ether oxygens (including phenoxy) is 1. The van der Waals surface area contributed by atoms with Crippen LogP contribution in [0, 0.1) is 6.92 Å². The van der Waals surface area contributed by atoms with Crippen molar-refractivity contribution >= 4 is 23.2 Å². The highest BCUT2D eigenvalue weighted by Gasteiger charge is 2.19. The molecule has 1 atom stereocenters. The van der Waals surface area contributed by atoms with E-state index in [1.807, 2.05) is 38.1 Å². The topological polar surface area (TPSA) is 67.4 Å². The Hall–Kier alpha value is -2.82. The van der Waals surface area contributed by atoms with Crippen LogP contribution in [-0.4, -0.2) is 17.9 Å². The number of nitrogens with one attached hydrogen (secondary N) is 2. The summed E-state index contributed by atoms with van der Waals surface area (Å²) < 4.78 is 5.84. The molecular weight excluding hydrogens is 304 g/mol. The van der Waals surface area contributed by atoms with Crippen LogP contribution in [0.2, 0.25) is 0 Å². The maximum absolute atomic E-state index is 12.4. The molecule has 0 aliphatic rings. The summed E-state index contributed by atoms with van der Waals surface area (Å²) in [5.41, 5.74) is 2.33. The van der Waals surface area contributed by atoms with Gasteiger partial charge in [0.25, 0.3) is 5.91 Å². The van der Waals surface area contributed by atoms with Crippen LogP contribution in [0.1, 0.15) is 25.8 Å². The Bertz CT molecular complexity index is 711. The van der Waals surface area contributed by atoms with Crippen molar-refractivity contribution in [1.82, 2.24) is 0 Å². The molecule has 0 saturated carbocycles. The Morgan fingerprint density at radius 1 is 1.00 bits per heavy atom. The quantitative estimate of drug-likeness (QED) is 0.849. The minimum atomic E-state index is -0.568. The van der Waals surface area contributed by atoms with Crippen molar-refractivity contribution in [2.45, 2.75) is 33.3 Å². The highest BCUT2D eigenvalue weighted by molar-refractivity contribution is 5.95. The second-order valence-electron chi connectivity index (χ2n) is 5.53. The van der Waals surface area contributed by atoms with Crippen molar-refractivity contribution in [2.75, 3.05) is 10.6 Å². The lowest BCUT2D eigenvalue weighted by atomic mass is 10.2. The largest absolute Gasteiger partial charge is 0.480 e. The molecule has 2 aromatic carbocycles. The van der Waals surface area contributed by atoms with Gasteiger partial charge in [0.1, 0.15) is 5.75 Å². The molecule has 2 rings (SSSR count). The van der Waals surface area contributed by atoms with E-state index < -0.39 is 6.10 Å². The second kappa shape index (κ2) is 8.15. The molecule has 2 amide bonds. The van der Waals surface area contributed by atoms with E-state index in [4.69, 9.17) is 4.74 Å². The normalized spacial score (nSPS) is 11.5. The number of hydrogen-bond donors (Lipinski definition) is 2. The van der Waals surface area contributed by atoms with Crippen molar-refractivity contribution < 1.29 is 14.3 Å². The Morgan fingerprint density at radius 3 is 2.12 bits per heavy atom. The van der Waals surface area contributed by atoms with E-state index in [9.17, 15) is 9.59 Å². The summed E-state index contributed by atoms with van der Waals surface area (Å²) in [7, 11) is 0. The zero-order chi connectivity index (χ0) is 17.5. The van der Waals surface area contributed by atoms with Gasteiger partial charge in [0.15, 0.2) is 6.10 Å². The molecule has 5 nitrogen and oxygen atoms in total. The number of para-hydroxylation sites is 1. The minimum absolute atomic E-state index is 0.135. The molecule has 0 bridgehead atoms. The molecular formula is C19H22N2O3. The van der Waals surface area contributed by atoms with Crippen LogP contribution < -0.4 is 15.4 Å². The summed E-state index contributed by atoms with van der Waals surface area (Å²) in [6, 6.07) is 14.6. The van der Waals surface area contributed by atoms with Gasteiger partial charge in [0.05, 0.1) is 0 Å². The van der Waals surface area contributed by atoms with Crippen LogP contribution in [-0.2, 0) is 9.59 Å². The third-order valence-corrected chi connectivity index (χ3v) is 3.50. The number of carbonyl (C=O) groups is 2. The Labute approximate surface area is 142 Å². The molecule has 0 aliphatic heterocycles. The highest BCUT2D eigenvalue weighted by Crippen LogP contribution is 2.20. The molecule has 0 spiro atoms. The standard InChI is InChI=1S/C19H22N2O3/c1-4-17(24-18-8-6-5-7-13(18)2)19(23)21-16-11-9-15(10-12-16)20-14(3)22/h5-12,17H,4H2,1-3H3,(H,20,22)(H,21,23)/t17-/m0/s1. The van der Waals surface area contributed by atoms with Crippen molar-refractivity contribution in [3.8, 4) is 5.75 Å². The maximum atomic E-state index is 12.4. The van der Waals surface area contributed by atoms with E-state index in [1.165, 1.54) is 6.92 Å². The first-order valence-electron chi connectivity index (χ1n) is 7.90. The first-order valence-corrected chi connectivity index (χ1v) is 7.90. The summed E-state index contributed by atoms with van der Waals surface area (Å²) >= 11 is 0. The zero-order valence-electron chi connectivity index (χ0n) is 14.1. The fourth-order valence-electron chi connectivity index (χ4n) is 2.23. The summed E-state index contributed by atoms with van der Waals surface area (Å²) in [6.07, 6.45) is -0.00874. The van der Waals surface area contributed by atoms with Gasteiger partial charge in [-0.3, -0.25) is 9.59 Å². The summed E-state index contributed by atoms with van der Waals surface area (Å²) in [4.78, 5) is 23.4. The van der Waals surface area contributed by atoms with E-state index >= 15 is 0 Å². The third kappa shape index (κ3) is 4.84. The van der Waals surface area contributed by atoms with Gasteiger partial charge in [-0.05, 0) is 49.2 Å². The maximum Gasteiger partial charge on any atom is 0.265 e. The molecule has 2 N–H and O–H groups in total. The third-order valence-electron chi connectivity index (χ3n) is 3.50. The molecule has 5 heteroatoms. The number of hydrogen-bond acceptors (Lipinski definition) is 3. The predicted molar refractivity (Wildman–Crippen MR) is 95.3 cm³/mol. The first-order chi connectivity index (χ1) is 11.5. The monoisotopic (exact) mass is 326 g/mol. The summed E-state index contributed by atoms with van der Waals surface area (Å²) in [5.74, 6) is 0.373. The number of amides is 2. The smallest absolute Gasteiger partial charge is 0.265 e. The first kappa shape index (κ1) is 17.5. The minimum Gasteiger partial charge on any atom is -0.480 e. The van der Waals surface area contributed by atoms with Crippen molar-refractivity contribution in [3.05, 3.63) is 54.1 Å². The van der Waals surface area contributed by atoms with Gasteiger partial charge < -0.3 is 15.4 Å². The molecule has 0 heterocycles. The molecule has 0 saturated heterocycles. The van der Waals surface area contributed by atoms with Gasteiger partial charge in [-0.1, -0.05) is 25.1 Å². The van der Waals surface area contributed by atoms with Crippen molar-refractivity contribution in [3.63, 3.8) is 0 Å². The summed E-state index contributed by atoms with van der Waals surface area (Å²) in [6.45, 7) is 5.30. The van der Waals surface area contributed by atoms with Gasteiger partial charge in [0, 0.05) is 18.3 Å². The van der Waals surface area contributed by atoms with Crippen LogP contribution in [0.4, 0.5) is 11.4 Å². The van der Waals surface area contributed by atoms with Gasteiger partial charge in [-0.15, -0.1) is 0 Å². The lowest BCUT2D eigenvalue weighted by molar-refractivity contribution is -0.122. The number of anilines is 2. The Balaban J connectivity index is 2.01. The SMILES string of the molecule is CC[C@H](Oc1ccccc1C)C(=O)Nc1ccc(NC(C)=O)cc1. The fourth-order valence-corrected chi connectivity index (χ4v) is 2.23. The van der Waals surface area contributed by atoms with E-state index in [2.05, 4.69) is 10.6 Å². The van der Waals surface area contributed by atoms with Gasteiger partial charge in [-0.25, -0.2) is 0 Å². The van der Waals surface area contributed by atoms with Gasteiger partial charge >= 0.3 is 0 Å². The molecule has 0 aromatic heterocycles. The average molecular weight is 326 g/mol. The molecule has 2 aromatic rings. The summed E-state index contributed by atoms with van der Waals surface area (Å²) in [5, 5.41) is 5.52. The lowest BCUT2D eigenvalue weighted by Crippen LogP contribution is -2.32. The Kier molecular flexibility index (Phi) is 5.95. The molecule has 126 valence electrons. The molecule has 0 radical (unpaired) electrons. The van der Waals surface area contributed by atoms with Gasteiger partial charge in [0.2, 0.25) is 5.91 Å². The number of benzene rings is 2. The van der Waals surface area contributed by atoms with Crippen molar-refractivity contribution in [1.29, 1.82) is 0 Å². The molecule has 0 unspecified atom stereocenters. The number of aryl methyl sites for hydroxylation is 1. The number of rotatable bonds is 6. The van der Waals surface area contributed by atoms with Crippen LogP contribution in [0.15, 0.2) is 48.5 Å². The Morgan fingerprint density at radius 2 is 1.58 bits per heavy atom. The van der Waals surface area contributed by atoms with E-state index in [1.54, 1.807) is 24.3 Å². The molecule has 0 fully saturated rings. The van der Waals surface area contributed by atoms with Crippen LogP contribution >= 0.6 is 0 Å². The average Bonchev–Trinajstić information content (AvgIpc) is 2.55. The van der Waals surface area contributed by atoms with Crippen LogP contribution in [0.25, 0.3) is 0 Å². The molecule has 24 heavy (non-hydrogen) atoms. The van der Waals surface area contributed by atoms with Crippen LogP contribution in [0.3, 0.4) is 0 Å². The lowest BCUT2D eigenvalue weighted by Gasteiger charge is -2.18. The van der Waals surface area contributed by atoms with Crippen LogP contribution in [0.5, 0.6) is 5.75 Å². The fraction of sp³-hybridized carbons (Fsp3) is 0.263. The second-order valence-corrected chi connectivity index (χ2v) is 5.53. The highest BCUT2D eigenvalue weighted by atomic mass is 16.5. The zero-order valence-corrected chi connectivity index (χ0v) is 14.1. The van der Waals surface area contributed by atoms with E-state index in [0.717, 1.165) is 5.56 Å². The van der Waals surface area contributed by atoms with E-state index in [-0.39, 0.29) is 11.8 Å². The predicted octanol–water partition coefficient (Wildman–Crippen LogP) is 3.75.